The largest absolute Gasteiger partial charge is 0.323 e. The summed E-state index contributed by atoms with van der Waals surface area (Å²) in [6.45, 7) is 3.88. The van der Waals surface area contributed by atoms with Gasteiger partial charge in [-0.1, -0.05) is 26.0 Å². The molecule has 27 heavy (non-hydrogen) atoms. The Labute approximate surface area is 166 Å². The SMILES string of the molecule is CC(C)CC(C(=O)Nc1ccc(F)cc1Br)N1C(=O)C2CC=CCC2C1=O. The zero-order valence-electron chi connectivity index (χ0n) is 15.2. The van der Waals surface area contributed by atoms with Crippen molar-refractivity contribution in [3.63, 3.8) is 0 Å². The van der Waals surface area contributed by atoms with Crippen LogP contribution in [0.15, 0.2) is 34.8 Å². The average Bonchev–Trinajstić information content (AvgIpc) is 2.86. The molecule has 1 aliphatic carbocycles. The van der Waals surface area contributed by atoms with Crippen LogP contribution in [0.5, 0.6) is 0 Å². The molecule has 7 heteroatoms. The maximum atomic E-state index is 13.3. The molecule has 0 spiro atoms. The normalized spacial score (nSPS) is 22.9. The van der Waals surface area contributed by atoms with Crippen molar-refractivity contribution in [1.29, 1.82) is 0 Å². The van der Waals surface area contributed by atoms with Crippen LogP contribution >= 0.6 is 15.9 Å². The third-order valence-corrected chi connectivity index (χ3v) is 5.70. The van der Waals surface area contributed by atoms with Gasteiger partial charge in [0, 0.05) is 4.47 Å². The van der Waals surface area contributed by atoms with Crippen LogP contribution in [0.1, 0.15) is 33.1 Å². The molecular weight excluding hydrogens is 415 g/mol. The molecule has 3 amide bonds. The molecular formula is C20H22BrFN2O3. The molecule has 1 N–H and O–H groups in total. The second-order valence-electron chi connectivity index (χ2n) is 7.46. The number of halogens is 2. The minimum Gasteiger partial charge on any atom is -0.323 e. The van der Waals surface area contributed by atoms with Crippen molar-refractivity contribution in [1.82, 2.24) is 4.90 Å². The minimum atomic E-state index is -0.882. The molecule has 0 bridgehead atoms. The molecule has 0 saturated carbocycles. The highest BCUT2D eigenvalue weighted by Gasteiger charge is 2.51. The molecule has 1 aromatic rings. The van der Waals surface area contributed by atoms with Gasteiger partial charge >= 0.3 is 0 Å². The Morgan fingerprint density at radius 3 is 2.33 bits per heavy atom. The van der Waals surface area contributed by atoms with Gasteiger partial charge in [0.05, 0.1) is 17.5 Å². The third-order valence-electron chi connectivity index (χ3n) is 5.04. The van der Waals surface area contributed by atoms with Crippen LogP contribution in [0, 0.1) is 23.6 Å². The number of carbonyl (C=O) groups is 3. The Kier molecular flexibility index (Phi) is 5.79. The Balaban J connectivity index is 1.86. The molecule has 3 rings (SSSR count). The Bertz CT molecular complexity index is 782. The monoisotopic (exact) mass is 436 g/mol. The van der Waals surface area contributed by atoms with Crippen LogP contribution in [0.3, 0.4) is 0 Å². The summed E-state index contributed by atoms with van der Waals surface area (Å²) < 4.78 is 13.7. The lowest BCUT2D eigenvalue weighted by atomic mass is 9.85. The number of fused-ring (bicyclic) bond motifs is 1. The van der Waals surface area contributed by atoms with E-state index in [9.17, 15) is 18.8 Å². The van der Waals surface area contributed by atoms with Crippen molar-refractivity contribution >= 4 is 39.3 Å². The number of imide groups is 1. The fourth-order valence-electron chi connectivity index (χ4n) is 3.72. The number of hydrogen-bond acceptors (Lipinski definition) is 3. The molecule has 1 aromatic carbocycles. The van der Waals surface area contributed by atoms with E-state index in [-0.39, 0.29) is 29.6 Å². The van der Waals surface area contributed by atoms with Gasteiger partial charge in [0.25, 0.3) is 0 Å². The molecule has 2 aliphatic rings. The quantitative estimate of drug-likeness (QED) is 0.562. The van der Waals surface area contributed by atoms with Gasteiger partial charge in [-0.05, 0) is 59.3 Å². The van der Waals surface area contributed by atoms with E-state index in [1.165, 1.54) is 18.2 Å². The number of amides is 3. The third kappa shape index (κ3) is 3.98. The summed E-state index contributed by atoms with van der Waals surface area (Å²) in [6.07, 6.45) is 5.28. The van der Waals surface area contributed by atoms with Crippen molar-refractivity contribution in [3.05, 3.63) is 40.6 Å². The molecule has 0 aromatic heterocycles. The molecule has 3 unspecified atom stereocenters. The van der Waals surface area contributed by atoms with Crippen molar-refractivity contribution in [2.75, 3.05) is 5.32 Å². The van der Waals surface area contributed by atoms with E-state index in [4.69, 9.17) is 0 Å². The molecule has 1 aliphatic heterocycles. The average molecular weight is 437 g/mol. The number of rotatable bonds is 5. The van der Waals surface area contributed by atoms with E-state index in [0.717, 1.165) is 4.90 Å². The van der Waals surface area contributed by atoms with E-state index in [0.29, 0.717) is 29.4 Å². The first-order chi connectivity index (χ1) is 12.8. The van der Waals surface area contributed by atoms with Gasteiger partial charge in [-0.2, -0.15) is 0 Å². The van der Waals surface area contributed by atoms with Gasteiger partial charge in [0.2, 0.25) is 17.7 Å². The van der Waals surface area contributed by atoms with Crippen LogP contribution in [-0.2, 0) is 14.4 Å². The number of nitrogens with zero attached hydrogens (tertiary/aromatic N) is 1. The van der Waals surface area contributed by atoms with E-state index in [2.05, 4.69) is 21.2 Å². The maximum Gasteiger partial charge on any atom is 0.247 e. The predicted octanol–water partition coefficient (Wildman–Crippen LogP) is 3.89. The van der Waals surface area contributed by atoms with Crippen molar-refractivity contribution in [2.24, 2.45) is 17.8 Å². The molecule has 1 fully saturated rings. The van der Waals surface area contributed by atoms with E-state index >= 15 is 0 Å². The number of likely N-dealkylation sites (tertiary alicyclic amines) is 1. The maximum absolute atomic E-state index is 13.3. The van der Waals surface area contributed by atoms with Crippen molar-refractivity contribution < 1.29 is 18.8 Å². The zero-order chi connectivity index (χ0) is 19.7. The summed E-state index contributed by atoms with van der Waals surface area (Å²) in [7, 11) is 0. The highest BCUT2D eigenvalue weighted by molar-refractivity contribution is 9.10. The van der Waals surface area contributed by atoms with Crippen LogP contribution < -0.4 is 5.32 Å². The predicted molar refractivity (Wildman–Crippen MR) is 103 cm³/mol. The fraction of sp³-hybridized carbons (Fsp3) is 0.450. The molecule has 144 valence electrons. The molecule has 1 saturated heterocycles. The topological polar surface area (TPSA) is 66.5 Å². The van der Waals surface area contributed by atoms with Crippen LogP contribution in [0.2, 0.25) is 0 Å². The lowest BCUT2D eigenvalue weighted by Crippen LogP contribution is -2.48. The summed E-state index contributed by atoms with van der Waals surface area (Å²) in [4.78, 5) is 39.9. The Morgan fingerprint density at radius 1 is 1.22 bits per heavy atom. The number of nitrogens with one attached hydrogen (secondary N) is 1. The Morgan fingerprint density at radius 2 is 1.81 bits per heavy atom. The summed E-state index contributed by atoms with van der Waals surface area (Å²) in [5.41, 5.74) is 0.397. The summed E-state index contributed by atoms with van der Waals surface area (Å²) in [6, 6.07) is 3.05. The van der Waals surface area contributed by atoms with Gasteiger partial charge in [-0.15, -0.1) is 0 Å². The van der Waals surface area contributed by atoms with Crippen LogP contribution in [0.4, 0.5) is 10.1 Å². The van der Waals surface area contributed by atoms with Gasteiger partial charge in [-0.25, -0.2) is 4.39 Å². The van der Waals surface area contributed by atoms with Crippen molar-refractivity contribution in [2.45, 2.75) is 39.2 Å². The van der Waals surface area contributed by atoms with Gasteiger partial charge in [0.1, 0.15) is 11.9 Å². The molecule has 1 heterocycles. The van der Waals surface area contributed by atoms with Gasteiger partial charge in [0.15, 0.2) is 0 Å². The van der Waals surface area contributed by atoms with Gasteiger partial charge in [-0.3, -0.25) is 19.3 Å². The van der Waals surface area contributed by atoms with Gasteiger partial charge < -0.3 is 5.32 Å². The lowest BCUT2D eigenvalue weighted by Gasteiger charge is -2.27. The van der Waals surface area contributed by atoms with Crippen molar-refractivity contribution in [3.8, 4) is 0 Å². The zero-order valence-corrected chi connectivity index (χ0v) is 16.8. The number of anilines is 1. The summed E-state index contributed by atoms with van der Waals surface area (Å²) in [5, 5.41) is 2.73. The van der Waals surface area contributed by atoms with E-state index < -0.39 is 17.8 Å². The second-order valence-corrected chi connectivity index (χ2v) is 8.32. The summed E-state index contributed by atoms with van der Waals surface area (Å²) in [5.74, 6) is -2.05. The second kappa shape index (κ2) is 7.92. The number of benzene rings is 1. The van der Waals surface area contributed by atoms with Crippen LogP contribution in [-0.4, -0.2) is 28.7 Å². The molecule has 5 nitrogen and oxygen atoms in total. The van der Waals surface area contributed by atoms with E-state index in [1.807, 2.05) is 26.0 Å². The highest BCUT2D eigenvalue weighted by Crippen LogP contribution is 2.37. The first-order valence-corrected chi connectivity index (χ1v) is 9.86. The van der Waals surface area contributed by atoms with Crippen LogP contribution in [0.25, 0.3) is 0 Å². The summed E-state index contributed by atoms with van der Waals surface area (Å²) >= 11 is 3.22. The lowest BCUT2D eigenvalue weighted by molar-refractivity contribution is -0.147. The number of allylic oxidation sites excluding steroid dienone is 2. The smallest absolute Gasteiger partial charge is 0.247 e. The number of carbonyl (C=O) groups excluding carboxylic acids is 3. The standard InChI is InChI=1S/C20H22BrFN2O3/c1-11(2)9-17(18(25)23-16-8-7-12(22)10-15(16)21)24-19(26)13-5-3-4-6-14(13)20(24)27/h3-4,7-8,10-11,13-14,17H,5-6,9H2,1-2H3,(H,23,25). The first kappa shape index (κ1) is 19.7. The number of hydrogen-bond donors (Lipinski definition) is 1. The molecule has 0 radical (unpaired) electrons. The first-order valence-electron chi connectivity index (χ1n) is 9.07. The molecule has 3 atom stereocenters. The Hall–Kier alpha value is -2.02. The minimum absolute atomic E-state index is 0.110. The fourth-order valence-corrected chi connectivity index (χ4v) is 4.17. The highest BCUT2D eigenvalue weighted by atomic mass is 79.9. The van der Waals surface area contributed by atoms with E-state index in [1.54, 1.807) is 0 Å².